The number of aromatic amines is 1. The zero-order valence-corrected chi connectivity index (χ0v) is 12.7. The number of fused-ring (bicyclic) bond motifs is 1. The molecule has 2 aromatic rings. The Balaban J connectivity index is 0.00000161. The van der Waals surface area contributed by atoms with Gasteiger partial charge >= 0.3 is 0 Å². The molecule has 1 aliphatic rings. The number of nitrogens with one attached hydrogen (secondary N) is 2. The molecule has 0 aliphatic carbocycles. The first kappa shape index (κ1) is 15.9. The fourth-order valence-corrected chi connectivity index (χ4v) is 3.64. The van der Waals surface area contributed by atoms with E-state index in [2.05, 4.69) is 15.3 Å². The van der Waals surface area contributed by atoms with E-state index in [0.717, 1.165) is 19.5 Å². The topological polar surface area (TPSA) is 101 Å². The maximum Gasteiger partial charge on any atom is 0.271 e. The van der Waals surface area contributed by atoms with E-state index < -0.39 is 15.7 Å². The molecular formula is C12H15ClN4O3S. The number of nitro benzene ring substituents is 1. The molecule has 3 rings (SSSR count). The molecule has 1 saturated heterocycles. The van der Waals surface area contributed by atoms with Crippen LogP contribution in [-0.4, -0.2) is 37.9 Å². The minimum Gasteiger partial charge on any atom is -0.331 e. The van der Waals surface area contributed by atoms with Crippen LogP contribution in [0.2, 0.25) is 0 Å². The van der Waals surface area contributed by atoms with Crippen molar-refractivity contribution in [1.82, 2.24) is 15.3 Å². The Labute approximate surface area is 129 Å². The number of rotatable bonds is 4. The molecular weight excluding hydrogens is 316 g/mol. The monoisotopic (exact) mass is 330 g/mol. The summed E-state index contributed by atoms with van der Waals surface area (Å²) in [6.07, 6.45) is 1.03. The van der Waals surface area contributed by atoms with Crippen molar-refractivity contribution in [3.8, 4) is 0 Å². The molecule has 0 saturated carbocycles. The molecule has 1 aromatic carbocycles. The number of nitrogens with zero attached hydrogens (tertiary/aromatic N) is 2. The maximum atomic E-state index is 12.2. The standard InChI is InChI=1S/C12H14N4O3S.ClH/c17-16(18)9-1-2-10-11(5-9)15-12(14-10)20(19)7-8-3-4-13-6-8;/h1-2,5,8,13H,3-4,6-7H2,(H,14,15);1H. The van der Waals surface area contributed by atoms with Crippen LogP contribution >= 0.6 is 12.4 Å². The number of non-ortho nitro benzene ring substituents is 1. The van der Waals surface area contributed by atoms with Crippen LogP contribution in [0.15, 0.2) is 23.4 Å². The van der Waals surface area contributed by atoms with Crippen LogP contribution in [0.5, 0.6) is 0 Å². The van der Waals surface area contributed by atoms with E-state index in [4.69, 9.17) is 0 Å². The molecule has 0 bridgehead atoms. The normalized spacial score (nSPS) is 19.3. The van der Waals surface area contributed by atoms with E-state index in [1.807, 2.05) is 0 Å². The Morgan fingerprint density at radius 2 is 2.29 bits per heavy atom. The van der Waals surface area contributed by atoms with E-state index >= 15 is 0 Å². The summed E-state index contributed by atoms with van der Waals surface area (Å²) in [6.45, 7) is 1.85. The Morgan fingerprint density at radius 3 is 2.95 bits per heavy atom. The molecule has 7 nitrogen and oxygen atoms in total. The minimum absolute atomic E-state index is 0. The van der Waals surface area contributed by atoms with E-state index in [-0.39, 0.29) is 18.1 Å². The van der Waals surface area contributed by atoms with Crippen LogP contribution in [0.25, 0.3) is 11.0 Å². The van der Waals surface area contributed by atoms with Gasteiger partial charge in [0.1, 0.15) is 0 Å². The number of hydrogen-bond donors (Lipinski definition) is 2. The average molecular weight is 331 g/mol. The highest BCUT2D eigenvalue weighted by Gasteiger charge is 2.20. The van der Waals surface area contributed by atoms with Gasteiger partial charge in [-0.1, -0.05) is 0 Å². The zero-order chi connectivity index (χ0) is 14.1. The third kappa shape index (κ3) is 3.39. The highest BCUT2D eigenvalue weighted by Crippen LogP contribution is 2.21. The summed E-state index contributed by atoms with van der Waals surface area (Å²) in [7, 11) is -1.20. The van der Waals surface area contributed by atoms with Crippen LogP contribution in [0.4, 0.5) is 5.69 Å². The SMILES string of the molecule is Cl.O=[N+]([O-])c1ccc2nc(S(=O)CC3CCNC3)[nH]c2c1. The first-order chi connectivity index (χ1) is 9.63. The van der Waals surface area contributed by atoms with Crippen molar-refractivity contribution in [3.05, 3.63) is 28.3 Å². The Hall–Kier alpha value is -1.51. The van der Waals surface area contributed by atoms with Crippen molar-refractivity contribution in [1.29, 1.82) is 0 Å². The lowest BCUT2D eigenvalue weighted by molar-refractivity contribution is -0.384. The molecule has 9 heteroatoms. The molecule has 114 valence electrons. The van der Waals surface area contributed by atoms with Crippen LogP contribution < -0.4 is 5.32 Å². The van der Waals surface area contributed by atoms with Gasteiger partial charge in [0.05, 0.1) is 26.8 Å². The van der Waals surface area contributed by atoms with Gasteiger partial charge in [-0.2, -0.15) is 0 Å². The predicted octanol–water partition coefficient (Wildman–Crippen LogP) is 1.61. The molecule has 1 fully saturated rings. The lowest BCUT2D eigenvalue weighted by Crippen LogP contribution is -2.15. The van der Waals surface area contributed by atoms with Crippen molar-refractivity contribution in [2.24, 2.45) is 5.92 Å². The van der Waals surface area contributed by atoms with Gasteiger partial charge in [-0.3, -0.25) is 14.3 Å². The summed E-state index contributed by atoms with van der Waals surface area (Å²) in [6, 6.07) is 4.39. The molecule has 1 aromatic heterocycles. The predicted molar refractivity (Wildman–Crippen MR) is 82.2 cm³/mol. The van der Waals surface area contributed by atoms with Crippen LogP contribution in [-0.2, 0) is 10.8 Å². The van der Waals surface area contributed by atoms with E-state index in [1.165, 1.54) is 12.1 Å². The number of nitro groups is 1. The molecule has 2 unspecified atom stereocenters. The van der Waals surface area contributed by atoms with Crippen LogP contribution in [0.3, 0.4) is 0 Å². The van der Waals surface area contributed by atoms with E-state index in [1.54, 1.807) is 6.07 Å². The Bertz CT molecular complexity index is 684. The van der Waals surface area contributed by atoms with Crippen molar-refractivity contribution in [2.75, 3.05) is 18.8 Å². The number of hydrogen-bond acceptors (Lipinski definition) is 5. The lowest BCUT2D eigenvalue weighted by atomic mass is 10.2. The molecule has 2 atom stereocenters. The van der Waals surface area contributed by atoms with E-state index in [9.17, 15) is 14.3 Å². The van der Waals surface area contributed by atoms with E-state index in [0.29, 0.717) is 27.9 Å². The van der Waals surface area contributed by atoms with Crippen molar-refractivity contribution in [3.63, 3.8) is 0 Å². The molecule has 21 heavy (non-hydrogen) atoms. The summed E-state index contributed by atoms with van der Waals surface area (Å²) in [5.41, 5.74) is 1.15. The van der Waals surface area contributed by atoms with Crippen LogP contribution in [0.1, 0.15) is 6.42 Å². The van der Waals surface area contributed by atoms with Gasteiger partial charge in [0.15, 0.2) is 5.16 Å². The Kier molecular flexibility index (Phi) is 4.92. The first-order valence-corrected chi connectivity index (χ1v) is 7.68. The van der Waals surface area contributed by atoms with Crippen molar-refractivity contribution in [2.45, 2.75) is 11.6 Å². The third-order valence-corrected chi connectivity index (χ3v) is 4.82. The van der Waals surface area contributed by atoms with Crippen molar-refractivity contribution < 1.29 is 9.13 Å². The molecule has 0 amide bonds. The number of imidazole rings is 1. The first-order valence-electron chi connectivity index (χ1n) is 6.37. The second-order valence-corrected chi connectivity index (χ2v) is 6.28. The largest absolute Gasteiger partial charge is 0.331 e. The second-order valence-electron chi connectivity index (χ2n) is 4.87. The van der Waals surface area contributed by atoms with Crippen molar-refractivity contribution >= 4 is 39.9 Å². The summed E-state index contributed by atoms with van der Waals surface area (Å²) < 4.78 is 12.2. The highest BCUT2D eigenvalue weighted by molar-refractivity contribution is 7.84. The molecule has 2 heterocycles. The smallest absolute Gasteiger partial charge is 0.271 e. The molecule has 1 aliphatic heterocycles. The van der Waals surface area contributed by atoms with Gasteiger partial charge in [-0.05, 0) is 31.5 Å². The van der Waals surface area contributed by atoms with Gasteiger partial charge in [0.2, 0.25) is 0 Å². The maximum absolute atomic E-state index is 12.2. The molecule has 0 spiro atoms. The van der Waals surface area contributed by atoms with Gasteiger partial charge in [-0.15, -0.1) is 12.4 Å². The van der Waals surface area contributed by atoms with Gasteiger partial charge in [0.25, 0.3) is 5.69 Å². The number of H-pyrrole nitrogens is 1. The van der Waals surface area contributed by atoms with Gasteiger partial charge in [0, 0.05) is 17.9 Å². The molecule has 2 N–H and O–H groups in total. The second kappa shape index (κ2) is 6.50. The summed E-state index contributed by atoms with van der Waals surface area (Å²) in [5.74, 6) is 0.966. The number of aromatic nitrogens is 2. The average Bonchev–Trinajstić information content (AvgIpc) is 3.05. The fraction of sp³-hybridized carbons (Fsp3) is 0.417. The van der Waals surface area contributed by atoms with Gasteiger partial charge < -0.3 is 10.3 Å². The number of benzene rings is 1. The quantitative estimate of drug-likeness (QED) is 0.655. The molecule has 0 radical (unpaired) electrons. The third-order valence-electron chi connectivity index (χ3n) is 3.42. The van der Waals surface area contributed by atoms with Crippen LogP contribution in [0, 0.1) is 16.0 Å². The summed E-state index contributed by atoms with van der Waals surface area (Å²) >= 11 is 0. The minimum atomic E-state index is -1.20. The zero-order valence-electron chi connectivity index (χ0n) is 11.1. The van der Waals surface area contributed by atoms with Gasteiger partial charge in [-0.25, -0.2) is 4.98 Å². The fourth-order valence-electron chi connectivity index (χ4n) is 2.35. The lowest BCUT2D eigenvalue weighted by Gasteiger charge is -2.05. The highest BCUT2D eigenvalue weighted by atomic mass is 35.5. The summed E-state index contributed by atoms with van der Waals surface area (Å²) in [5, 5.41) is 14.4. The number of halogens is 1. The Morgan fingerprint density at radius 1 is 1.48 bits per heavy atom. The summed E-state index contributed by atoms with van der Waals surface area (Å²) in [4.78, 5) is 17.4.